The molecule has 0 spiro atoms. The lowest BCUT2D eigenvalue weighted by atomic mass is 10.0. The third kappa shape index (κ3) is 5.92. The maximum atomic E-state index is 12.6. The van der Waals surface area contributed by atoms with Gasteiger partial charge in [-0.05, 0) is 23.8 Å². The van der Waals surface area contributed by atoms with E-state index in [-0.39, 0.29) is 29.0 Å². The zero-order valence-electron chi connectivity index (χ0n) is 16.1. The number of non-ortho nitro benzene ring substituents is 1. The van der Waals surface area contributed by atoms with Gasteiger partial charge in [0.25, 0.3) is 11.6 Å². The van der Waals surface area contributed by atoms with Crippen molar-refractivity contribution in [2.24, 2.45) is 5.73 Å². The zero-order valence-corrected chi connectivity index (χ0v) is 16.1. The van der Waals surface area contributed by atoms with Crippen molar-refractivity contribution >= 4 is 17.5 Å². The van der Waals surface area contributed by atoms with E-state index in [1.807, 2.05) is 0 Å². The third-order valence-electron chi connectivity index (χ3n) is 4.36. The summed E-state index contributed by atoms with van der Waals surface area (Å²) in [7, 11) is 1.30. The fourth-order valence-electron chi connectivity index (χ4n) is 2.74. The molecule has 0 aliphatic heterocycles. The highest BCUT2D eigenvalue weighted by Gasteiger charge is 2.31. The number of nitrogens with zero attached hydrogens (tertiary/aromatic N) is 1. The Bertz CT molecular complexity index is 979. The molecule has 2 rings (SSSR count). The van der Waals surface area contributed by atoms with E-state index in [0.717, 1.165) is 18.2 Å². The van der Waals surface area contributed by atoms with Crippen molar-refractivity contribution in [1.29, 1.82) is 0 Å². The van der Waals surface area contributed by atoms with Gasteiger partial charge in [-0.3, -0.25) is 19.7 Å². The molecular formula is C19H18F3N3O6. The van der Waals surface area contributed by atoms with Crippen LogP contribution in [0.2, 0.25) is 0 Å². The van der Waals surface area contributed by atoms with E-state index in [1.54, 1.807) is 0 Å². The molecule has 166 valence electrons. The van der Waals surface area contributed by atoms with Crippen LogP contribution in [0.5, 0.6) is 5.75 Å². The number of nitrogens with two attached hydrogens (primary N) is 1. The Morgan fingerprint density at radius 1 is 1.23 bits per heavy atom. The molecule has 12 heteroatoms. The Labute approximate surface area is 173 Å². The summed E-state index contributed by atoms with van der Waals surface area (Å²) >= 11 is 0. The van der Waals surface area contributed by atoms with Crippen molar-refractivity contribution in [2.75, 3.05) is 7.11 Å². The number of primary amides is 1. The summed E-state index contributed by atoms with van der Waals surface area (Å²) in [6.45, 7) is 0. The topological polar surface area (TPSA) is 145 Å². The largest absolute Gasteiger partial charge is 0.496 e. The standard InChI is InChI=1S/C19H18F3N3O6/c1-31-15-7-6-13(25(29)30)8-11(15)9-14(17(23)27)24-18(28)16(26)10-2-4-12(5-3-10)19(20,21)22/h2-8,14,16,26H,9H2,1H3,(H2,23,27)(H,24,28)/t14-,16+/m1/s1. The molecule has 9 nitrogen and oxygen atoms in total. The Hall–Kier alpha value is -3.67. The van der Waals surface area contributed by atoms with Gasteiger partial charge in [0.05, 0.1) is 17.6 Å². The first-order valence-corrected chi connectivity index (χ1v) is 8.70. The number of benzene rings is 2. The van der Waals surface area contributed by atoms with Crippen LogP contribution in [0.25, 0.3) is 0 Å². The van der Waals surface area contributed by atoms with Gasteiger partial charge in [-0.1, -0.05) is 12.1 Å². The average Bonchev–Trinajstić information content (AvgIpc) is 2.71. The molecule has 2 aromatic carbocycles. The van der Waals surface area contributed by atoms with Gasteiger partial charge in [0, 0.05) is 24.1 Å². The van der Waals surface area contributed by atoms with Crippen LogP contribution in [0.4, 0.5) is 18.9 Å². The first kappa shape index (κ1) is 23.6. The van der Waals surface area contributed by atoms with E-state index in [4.69, 9.17) is 10.5 Å². The second kappa shape index (κ2) is 9.43. The molecule has 0 saturated carbocycles. The maximum absolute atomic E-state index is 12.6. The monoisotopic (exact) mass is 441 g/mol. The summed E-state index contributed by atoms with van der Waals surface area (Å²) in [5, 5.41) is 23.3. The quantitative estimate of drug-likeness (QED) is 0.421. The summed E-state index contributed by atoms with van der Waals surface area (Å²) in [5.41, 5.74) is 4.11. The highest BCUT2D eigenvalue weighted by atomic mass is 19.4. The van der Waals surface area contributed by atoms with Crippen molar-refractivity contribution in [1.82, 2.24) is 5.32 Å². The van der Waals surface area contributed by atoms with Crippen LogP contribution in [0.3, 0.4) is 0 Å². The number of amides is 2. The van der Waals surface area contributed by atoms with Crippen LogP contribution < -0.4 is 15.8 Å². The summed E-state index contributed by atoms with van der Waals surface area (Å²) in [6, 6.07) is 5.52. The minimum absolute atomic E-state index is 0.137. The van der Waals surface area contributed by atoms with Crippen molar-refractivity contribution in [3.8, 4) is 5.75 Å². The summed E-state index contributed by atoms with van der Waals surface area (Å²) in [6.07, 6.45) is -6.75. The highest BCUT2D eigenvalue weighted by molar-refractivity contribution is 5.89. The second-order valence-corrected chi connectivity index (χ2v) is 6.44. The lowest BCUT2D eigenvalue weighted by Crippen LogP contribution is -2.47. The molecule has 0 aromatic heterocycles. The minimum Gasteiger partial charge on any atom is -0.496 e. The van der Waals surface area contributed by atoms with Crippen LogP contribution in [0.15, 0.2) is 42.5 Å². The lowest BCUT2D eigenvalue weighted by molar-refractivity contribution is -0.384. The first-order valence-electron chi connectivity index (χ1n) is 8.70. The molecule has 2 amide bonds. The molecule has 0 heterocycles. The number of nitro groups is 1. The Morgan fingerprint density at radius 2 is 1.84 bits per heavy atom. The van der Waals surface area contributed by atoms with E-state index < -0.39 is 40.6 Å². The number of nitrogens with one attached hydrogen (secondary N) is 1. The zero-order chi connectivity index (χ0) is 23.3. The number of aliphatic hydroxyl groups excluding tert-OH is 1. The number of methoxy groups -OCH3 is 1. The van der Waals surface area contributed by atoms with Gasteiger partial charge >= 0.3 is 6.18 Å². The van der Waals surface area contributed by atoms with E-state index in [2.05, 4.69) is 5.32 Å². The number of carbonyl (C=O) groups is 2. The minimum atomic E-state index is -4.58. The van der Waals surface area contributed by atoms with Crippen molar-refractivity contribution < 1.29 is 37.5 Å². The molecule has 0 aliphatic carbocycles. The number of aliphatic hydroxyl groups is 1. The fourth-order valence-corrected chi connectivity index (χ4v) is 2.74. The van der Waals surface area contributed by atoms with Crippen LogP contribution >= 0.6 is 0 Å². The molecule has 0 aliphatic rings. The van der Waals surface area contributed by atoms with Crippen LogP contribution in [0, 0.1) is 10.1 Å². The van der Waals surface area contributed by atoms with E-state index in [9.17, 15) is 38.0 Å². The maximum Gasteiger partial charge on any atom is 0.416 e. The number of nitro benzene ring substituents is 1. The van der Waals surface area contributed by atoms with E-state index in [0.29, 0.717) is 12.1 Å². The average molecular weight is 441 g/mol. The molecule has 2 aromatic rings. The number of halogens is 3. The molecule has 0 radical (unpaired) electrons. The number of alkyl halides is 3. The van der Waals surface area contributed by atoms with Gasteiger partial charge in [-0.25, -0.2) is 0 Å². The molecule has 0 fully saturated rings. The molecule has 0 unspecified atom stereocenters. The van der Waals surface area contributed by atoms with Crippen LogP contribution in [-0.2, 0) is 22.2 Å². The third-order valence-corrected chi connectivity index (χ3v) is 4.36. The summed E-state index contributed by atoms with van der Waals surface area (Å²) in [4.78, 5) is 34.5. The Morgan fingerprint density at radius 3 is 2.32 bits per heavy atom. The van der Waals surface area contributed by atoms with Gasteiger partial charge < -0.3 is 20.9 Å². The van der Waals surface area contributed by atoms with Crippen molar-refractivity contribution in [3.05, 3.63) is 69.3 Å². The number of rotatable bonds is 8. The molecule has 0 saturated heterocycles. The van der Waals surface area contributed by atoms with E-state index >= 15 is 0 Å². The smallest absolute Gasteiger partial charge is 0.416 e. The van der Waals surface area contributed by atoms with Gasteiger partial charge in [0.2, 0.25) is 5.91 Å². The Balaban J connectivity index is 2.20. The van der Waals surface area contributed by atoms with Gasteiger partial charge in [-0.15, -0.1) is 0 Å². The van der Waals surface area contributed by atoms with Gasteiger partial charge in [0.1, 0.15) is 11.8 Å². The number of hydrogen-bond acceptors (Lipinski definition) is 6. The van der Waals surface area contributed by atoms with Gasteiger partial charge in [-0.2, -0.15) is 13.2 Å². The first-order chi connectivity index (χ1) is 14.4. The molecular weight excluding hydrogens is 423 g/mol. The second-order valence-electron chi connectivity index (χ2n) is 6.44. The summed E-state index contributed by atoms with van der Waals surface area (Å²) in [5.74, 6) is -1.89. The molecule has 4 N–H and O–H groups in total. The van der Waals surface area contributed by atoms with Gasteiger partial charge in [0.15, 0.2) is 6.10 Å². The molecule has 2 atom stereocenters. The normalized spacial score (nSPS) is 13.2. The Kier molecular flexibility index (Phi) is 7.18. The SMILES string of the molecule is COc1ccc([N+](=O)[O-])cc1C[C@@H](NC(=O)[C@@H](O)c1ccc(C(F)(F)F)cc1)C(N)=O. The van der Waals surface area contributed by atoms with Crippen LogP contribution in [-0.4, -0.2) is 35.0 Å². The molecule has 0 bridgehead atoms. The number of hydrogen-bond donors (Lipinski definition) is 3. The van der Waals surface area contributed by atoms with E-state index in [1.165, 1.54) is 19.2 Å². The predicted octanol–water partition coefficient (Wildman–Crippen LogP) is 1.87. The molecule has 31 heavy (non-hydrogen) atoms. The van der Waals surface area contributed by atoms with Crippen LogP contribution in [0.1, 0.15) is 22.8 Å². The fraction of sp³-hybridized carbons (Fsp3) is 0.263. The van der Waals surface area contributed by atoms with Crippen molar-refractivity contribution in [2.45, 2.75) is 24.7 Å². The number of carbonyl (C=O) groups excluding carboxylic acids is 2. The summed E-state index contributed by atoms with van der Waals surface area (Å²) < 4.78 is 43.0. The predicted molar refractivity (Wildman–Crippen MR) is 101 cm³/mol. The lowest BCUT2D eigenvalue weighted by Gasteiger charge is -2.19. The number of ether oxygens (including phenoxy) is 1. The van der Waals surface area contributed by atoms with Crippen molar-refractivity contribution in [3.63, 3.8) is 0 Å². The highest BCUT2D eigenvalue weighted by Crippen LogP contribution is 2.30.